The van der Waals surface area contributed by atoms with Crippen molar-refractivity contribution in [2.45, 2.75) is 0 Å². The Hall–Kier alpha value is -4.70. The van der Waals surface area contributed by atoms with E-state index >= 15 is 0 Å². The first-order chi connectivity index (χ1) is 16.9. The zero-order valence-corrected chi connectivity index (χ0v) is 18.1. The largest absolute Gasteiger partial charge is 0.453 e. The molecular formula is C30H18N2O2. The molecule has 34 heavy (non-hydrogen) atoms. The number of ether oxygens (including phenoxy) is 2. The summed E-state index contributed by atoms with van der Waals surface area (Å²) in [6.45, 7) is 0. The van der Waals surface area contributed by atoms with Gasteiger partial charge in [-0.05, 0) is 60.7 Å². The molecule has 0 saturated carbocycles. The van der Waals surface area contributed by atoms with Gasteiger partial charge in [0.2, 0.25) is 0 Å². The van der Waals surface area contributed by atoms with E-state index in [1.54, 1.807) is 0 Å². The number of anilines is 3. The maximum atomic E-state index is 6.27. The van der Waals surface area contributed by atoms with Gasteiger partial charge in [-0.15, -0.1) is 0 Å². The summed E-state index contributed by atoms with van der Waals surface area (Å²) in [5.41, 5.74) is 6.49. The second-order valence-corrected chi connectivity index (χ2v) is 8.63. The number of aromatic nitrogens is 1. The highest BCUT2D eigenvalue weighted by atomic mass is 16.5. The second-order valence-electron chi connectivity index (χ2n) is 8.63. The molecule has 5 aromatic carbocycles. The van der Waals surface area contributed by atoms with Gasteiger partial charge < -0.3 is 18.9 Å². The lowest BCUT2D eigenvalue weighted by Gasteiger charge is -2.32. The molecule has 0 amide bonds. The van der Waals surface area contributed by atoms with Crippen LogP contribution in [0, 0.1) is 0 Å². The Labute approximate surface area is 195 Å². The van der Waals surface area contributed by atoms with Crippen molar-refractivity contribution >= 4 is 38.9 Å². The molecule has 6 aromatic rings. The molecule has 3 heterocycles. The summed E-state index contributed by atoms with van der Waals surface area (Å²) >= 11 is 0. The van der Waals surface area contributed by atoms with Crippen LogP contribution in [0.1, 0.15) is 0 Å². The van der Waals surface area contributed by atoms with Gasteiger partial charge in [0.1, 0.15) is 0 Å². The van der Waals surface area contributed by atoms with Gasteiger partial charge in [0, 0.05) is 16.5 Å². The van der Waals surface area contributed by atoms with Crippen LogP contribution in [-0.2, 0) is 0 Å². The van der Waals surface area contributed by atoms with Gasteiger partial charge in [-0.1, -0.05) is 48.5 Å². The first-order valence-corrected chi connectivity index (χ1v) is 11.4. The van der Waals surface area contributed by atoms with Gasteiger partial charge in [-0.2, -0.15) is 0 Å². The fourth-order valence-corrected chi connectivity index (χ4v) is 5.33. The number of hydrogen-bond donors (Lipinski definition) is 0. The third-order valence-electron chi connectivity index (χ3n) is 6.75. The average molecular weight is 438 g/mol. The molecule has 0 fully saturated rings. The molecular weight excluding hydrogens is 420 g/mol. The highest BCUT2D eigenvalue weighted by Crippen LogP contribution is 2.51. The van der Waals surface area contributed by atoms with E-state index < -0.39 is 0 Å². The fourth-order valence-electron chi connectivity index (χ4n) is 5.33. The average Bonchev–Trinajstić information content (AvgIpc) is 3.23. The summed E-state index contributed by atoms with van der Waals surface area (Å²) in [4.78, 5) is 2.28. The van der Waals surface area contributed by atoms with E-state index in [4.69, 9.17) is 9.47 Å². The van der Waals surface area contributed by atoms with Crippen LogP contribution in [0.25, 0.3) is 27.5 Å². The van der Waals surface area contributed by atoms with E-state index in [9.17, 15) is 0 Å². The van der Waals surface area contributed by atoms with Crippen molar-refractivity contribution in [1.82, 2.24) is 4.57 Å². The van der Waals surface area contributed by atoms with Crippen LogP contribution < -0.4 is 14.4 Å². The highest BCUT2D eigenvalue weighted by molar-refractivity contribution is 6.13. The predicted molar refractivity (Wildman–Crippen MR) is 136 cm³/mol. The fraction of sp³-hybridized carbons (Fsp3) is 0. The molecule has 0 radical (unpaired) electrons. The Morgan fingerprint density at radius 3 is 1.79 bits per heavy atom. The topological polar surface area (TPSA) is 26.6 Å². The lowest BCUT2D eigenvalue weighted by Crippen LogP contribution is -2.15. The van der Waals surface area contributed by atoms with Crippen LogP contribution >= 0.6 is 0 Å². The van der Waals surface area contributed by atoms with E-state index in [1.807, 2.05) is 42.5 Å². The Morgan fingerprint density at radius 1 is 0.471 bits per heavy atom. The Kier molecular flexibility index (Phi) is 3.36. The second kappa shape index (κ2) is 6.42. The Balaban J connectivity index is 1.43. The van der Waals surface area contributed by atoms with Crippen LogP contribution in [-0.4, -0.2) is 4.57 Å². The molecule has 0 bridgehead atoms. The third kappa shape index (κ3) is 2.27. The summed E-state index contributed by atoms with van der Waals surface area (Å²) in [5.74, 6) is 3.47. The maximum Gasteiger partial charge on any atom is 0.152 e. The molecule has 0 saturated heterocycles. The van der Waals surface area contributed by atoms with E-state index in [1.165, 1.54) is 10.8 Å². The number of fused-ring (bicyclic) bond motifs is 7. The number of hydrogen-bond acceptors (Lipinski definition) is 3. The minimum absolute atomic E-state index is 0.853. The van der Waals surface area contributed by atoms with E-state index in [0.29, 0.717) is 0 Å². The number of para-hydroxylation sites is 7. The lowest BCUT2D eigenvalue weighted by molar-refractivity contribution is 0.476. The van der Waals surface area contributed by atoms with Crippen LogP contribution in [0.2, 0.25) is 0 Å². The zero-order chi connectivity index (χ0) is 22.2. The number of rotatable bonds is 1. The summed E-state index contributed by atoms with van der Waals surface area (Å²) in [6, 6.07) is 37.6. The number of nitrogens with zero attached hydrogens (tertiary/aromatic N) is 2. The Bertz CT molecular complexity index is 1740. The highest BCUT2D eigenvalue weighted by Gasteiger charge is 2.27. The van der Waals surface area contributed by atoms with Crippen molar-refractivity contribution in [2.75, 3.05) is 4.90 Å². The first-order valence-electron chi connectivity index (χ1n) is 11.4. The lowest BCUT2D eigenvalue weighted by atomic mass is 10.1. The molecule has 4 heteroatoms. The normalized spacial score (nSPS) is 13.1. The minimum atomic E-state index is 0.853. The molecule has 0 N–H and O–H groups in total. The quantitative estimate of drug-likeness (QED) is 0.257. The van der Waals surface area contributed by atoms with Crippen LogP contribution in [0.5, 0.6) is 23.0 Å². The smallest absolute Gasteiger partial charge is 0.152 e. The standard InChI is InChI=1S/C30H18N2O2/c1-4-12-26-23(9-1)31(24-10-2-5-13-27(24)33-26)19-16-17-22-21(18-19)20-8-7-15-29-30(20)32(22)25-11-3-6-14-28(25)34-29/h1-18H. The minimum Gasteiger partial charge on any atom is -0.453 e. The van der Waals surface area contributed by atoms with Gasteiger partial charge >= 0.3 is 0 Å². The van der Waals surface area contributed by atoms with Gasteiger partial charge in [0.15, 0.2) is 23.0 Å². The molecule has 4 nitrogen and oxygen atoms in total. The van der Waals surface area contributed by atoms with Gasteiger partial charge in [-0.3, -0.25) is 0 Å². The molecule has 0 aliphatic carbocycles. The molecule has 0 unspecified atom stereocenters. The van der Waals surface area contributed by atoms with Crippen molar-refractivity contribution < 1.29 is 9.47 Å². The maximum absolute atomic E-state index is 6.27. The van der Waals surface area contributed by atoms with Gasteiger partial charge in [0.25, 0.3) is 0 Å². The number of benzene rings is 5. The summed E-state index contributed by atoms with van der Waals surface area (Å²) in [5, 5.41) is 2.37. The van der Waals surface area contributed by atoms with Crippen LogP contribution in [0.4, 0.5) is 17.1 Å². The first kappa shape index (κ1) is 17.8. The van der Waals surface area contributed by atoms with E-state index in [-0.39, 0.29) is 0 Å². The van der Waals surface area contributed by atoms with E-state index in [2.05, 4.69) is 76.2 Å². The third-order valence-corrected chi connectivity index (χ3v) is 6.75. The summed E-state index contributed by atoms with van der Waals surface area (Å²) < 4.78 is 14.8. The predicted octanol–water partition coefficient (Wildman–Crippen LogP) is 8.46. The SMILES string of the molecule is c1ccc2c(c1)Oc1ccccc1N2c1ccc2c(c1)c1cccc3c1n2-c1ccccc1O3. The van der Waals surface area contributed by atoms with E-state index in [0.717, 1.165) is 56.8 Å². The van der Waals surface area contributed by atoms with Crippen molar-refractivity contribution in [2.24, 2.45) is 0 Å². The molecule has 0 atom stereocenters. The van der Waals surface area contributed by atoms with Crippen molar-refractivity contribution in [3.8, 4) is 28.7 Å². The molecule has 8 rings (SSSR count). The zero-order valence-electron chi connectivity index (χ0n) is 18.1. The van der Waals surface area contributed by atoms with Crippen molar-refractivity contribution in [3.05, 3.63) is 109 Å². The van der Waals surface area contributed by atoms with Crippen molar-refractivity contribution in [1.29, 1.82) is 0 Å². The summed E-state index contributed by atoms with van der Waals surface area (Å²) in [7, 11) is 0. The molecule has 0 spiro atoms. The molecule has 2 aliphatic heterocycles. The molecule has 1 aromatic heterocycles. The monoisotopic (exact) mass is 438 g/mol. The van der Waals surface area contributed by atoms with Gasteiger partial charge in [-0.25, -0.2) is 0 Å². The Morgan fingerprint density at radius 2 is 1.06 bits per heavy atom. The molecule has 160 valence electrons. The van der Waals surface area contributed by atoms with Crippen molar-refractivity contribution in [3.63, 3.8) is 0 Å². The van der Waals surface area contributed by atoms with Gasteiger partial charge in [0.05, 0.1) is 28.1 Å². The summed E-state index contributed by atoms with van der Waals surface area (Å²) in [6.07, 6.45) is 0. The van der Waals surface area contributed by atoms with Crippen LogP contribution in [0.3, 0.4) is 0 Å². The molecule has 2 aliphatic rings. The van der Waals surface area contributed by atoms with Crippen LogP contribution in [0.15, 0.2) is 109 Å².